The van der Waals surface area contributed by atoms with Crippen molar-refractivity contribution in [3.05, 3.63) is 35.4 Å². The number of carbonyl (C=O) groups excluding carboxylic acids is 1. The third-order valence-electron chi connectivity index (χ3n) is 4.60. The minimum absolute atomic E-state index is 0. The predicted octanol–water partition coefficient (Wildman–Crippen LogP) is 2.98. The summed E-state index contributed by atoms with van der Waals surface area (Å²) in [5.74, 6) is -1.51. The Bertz CT molecular complexity index is 553. The molecule has 124 valence electrons. The smallest absolute Gasteiger partial charge is 0.224 e. The van der Waals surface area contributed by atoms with Gasteiger partial charge in [0.05, 0.1) is 5.54 Å². The van der Waals surface area contributed by atoms with Crippen LogP contribution in [0.2, 0.25) is 0 Å². The lowest BCUT2D eigenvalue weighted by Crippen LogP contribution is -2.55. The van der Waals surface area contributed by atoms with E-state index >= 15 is 0 Å². The van der Waals surface area contributed by atoms with Crippen LogP contribution in [0.1, 0.15) is 38.7 Å². The molecule has 3 atom stereocenters. The molecule has 0 spiro atoms. The van der Waals surface area contributed by atoms with Crippen LogP contribution < -0.4 is 11.1 Å². The molecule has 1 fully saturated rings. The number of carbonyl (C=O) groups is 1. The Morgan fingerprint density at radius 3 is 2.59 bits per heavy atom. The normalized spacial score (nSPS) is 22.7. The van der Waals surface area contributed by atoms with Crippen LogP contribution >= 0.6 is 12.4 Å². The van der Waals surface area contributed by atoms with Gasteiger partial charge in [0.2, 0.25) is 5.91 Å². The molecule has 0 radical (unpaired) electrons. The zero-order valence-corrected chi connectivity index (χ0v) is 13.8. The Balaban J connectivity index is 0.00000242. The van der Waals surface area contributed by atoms with Gasteiger partial charge in [-0.15, -0.1) is 12.4 Å². The van der Waals surface area contributed by atoms with Crippen molar-refractivity contribution in [2.45, 2.75) is 38.6 Å². The molecule has 1 aromatic rings. The maximum absolute atomic E-state index is 13.7. The summed E-state index contributed by atoms with van der Waals surface area (Å²) < 4.78 is 26.6. The topological polar surface area (TPSA) is 55.1 Å². The lowest BCUT2D eigenvalue weighted by molar-refractivity contribution is -0.124. The summed E-state index contributed by atoms with van der Waals surface area (Å²) in [5.41, 5.74) is 5.69. The fourth-order valence-corrected chi connectivity index (χ4v) is 2.44. The van der Waals surface area contributed by atoms with Crippen LogP contribution in [0.15, 0.2) is 18.2 Å². The molecule has 1 aliphatic carbocycles. The second-order valence-corrected chi connectivity index (χ2v) is 6.38. The van der Waals surface area contributed by atoms with Crippen molar-refractivity contribution >= 4 is 18.3 Å². The van der Waals surface area contributed by atoms with Gasteiger partial charge in [-0.05, 0) is 36.8 Å². The van der Waals surface area contributed by atoms with E-state index in [1.165, 1.54) is 12.1 Å². The molecule has 0 saturated heterocycles. The Hall–Kier alpha value is -1.20. The molecule has 1 amide bonds. The highest BCUT2D eigenvalue weighted by Gasteiger charge is 2.46. The second kappa shape index (κ2) is 6.92. The summed E-state index contributed by atoms with van der Waals surface area (Å²) in [7, 11) is 0. The molecule has 0 aromatic heterocycles. The van der Waals surface area contributed by atoms with Crippen LogP contribution in [-0.4, -0.2) is 18.0 Å². The zero-order chi connectivity index (χ0) is 15.8. The third-order valence-corrected chi connectivity index (χ3v) is 4.60. The number of nitrogens with one attached hydrogen (secondary N) is 1. The minimum Gasteiger partial charge on any atom is -0.349 e. The van der Waals surface area contributed by atoms with Gasteiger partial charge in [-0.25, -0.2) is 8.78 Å². The first-order valence-electron chi connectivity index (χ1n) is 7.25. The number of rotatable bonds is 5. The van der Waals surface area contributed by atoms with E-state index in [4.69, 9.17) is 5.73 Å². The van der Waals surface area contributed by atoms with Gasteiger partial charge in [0.15, 0.2) is 0 Å². The minimum atomic E-state index is -0.603. The largest absolute Gasteiger partial charge is 0.349 e. The van der Waals surface area contributed by atoms with E-state index in [-0.39, 0.29) is 36.1 Å². The van der Waals surface area contributed by atoms with Gasteiger partial charge in [-0.2, -0.15) is 0 Å². The van der Waals surface area contributed by atoms with Crippen molar-refractivity contribution in [2.75, 3.05) is 6.54 Å². The monoisotopic (exact) mass is 332 g/mol. The first-order valence-corrected chi connectivity index (χ1v) is 7.25. The molecule has 3 N–H and O–H groups in total. The van der Waals surface area contributed by atoms with Gasteiger partial charge in [0, 0.05) is 18.5 Å². The van der Waals surface area contributed by atoms with Crippen molar-refractivity contribution < 1.29 is 13.6 Å². The number of benzene rings is 1. The summed E-state index contributed by atoms with van der Waals surface area (Å²) >= 11 is 0. The highest BCUT2D eigenvalue weighted by molar-refractivity contribution is 5.85. The lowest BCUT2D eigenvalue weighted by atomic mass is 9.88. The number of amides is 1. The van der Waals surface area contributed by atoms with E-state index in [0.29, 0.717) is 18.5 Å². The Morgan fingerprint density at radius 1 is 1.45 bits per heavy atom. The molecule has 3 nitrogen and oxygen atoms in total. The SMILES string of the molecule is CC(C)C(C)(CN)NC(=O)C1CC1c1ccc(F)cc1F.Cl. The standard InChI is InChI=1S/C16H22F2N2O.ClH/c1-9(2)16(3,8-19)20-15(21)13-7-12(13)11-5-4-10(17)6-14(11)18;/h4-6,9,12-13H,7-8,19H2,1-3H3,(H,20,21);1H. The van der Waals surface area contributed by atoms with Crippen molar-refractivity contribution in [3.8, 4) is 0 Å². The molecule has 1 saturated carbocycles. The Labute approximate surface area is 136 Å². The van der Waals surface area contributed by atoms with Gasteiger partial charge in [-0.3, -0.25) is 4.79 Å². The van der Waals surface area contributed by atoms with E-state index in [2.05, 4.69) is 5.32 Å². The zero-order valence-electron chi connectivity index (χ0n) is 13.0. The summed E-state index contributed by atoms with van der Waals surface area (Å²) in [6.07, 6.45) is 0.590. The highest BCUT2D eigenvalue weighted by Crippen LogP contribution is 2.48. The third kappa shape index (κ3) is 3.76. The molecule has 2 rings (SSSR count). The number of nitrogens with two attached hydrogens (primary N) is 1. The molecule has 0 bridgehead atoms. The van der Waals surface area contributed by atoms with Gasteiger partial charge in [0.25, 0.3) is 0 Å². The van der Waals surface area contributed by atoms with Gasteiger partial charge in [-0.1, -0.05) is 19.9 Å². The van der Waals surface area contributed by atoms with E-state index in [1.807, 2.05) is 20.8 Å². The van der Waals surface area contributed by atoms with Gasteiger partial charge >= 0.3 is 0 Å². The molecule has 0 aliphatic heterocycles. The maximum atomic E-state index is 13.7. The average Bonchev–Trinajstić information content (AvgIpc) is 3.18. The summed E-state index contributed by atoms with van der Waals surface area (Å²) in [4.78, 5) is 12.3. The van der Waals surface area contributed by atoms with Crippen LogP contribution in [0.25, 0.3) is 0 Å². The summed E-state index contributed by atoms with van der Waals surface area (Å²) in [6.45, 7) is 6.25. The molecule has 22 heavy (non-hydrogen) atoms. The number of hydrogen-bond acceptors (Lipinski definition) is 2. The Morgan fingerprint density at radius 2 is 2.09 bits per heavy atom. The van der Waals surface area contributed by atoms with E-state index < -0.39 is 17.2 Å². The molecule has 1 aromatic carbocycles. The fraction of sp³-hybridized carbons (Fsp3) is 0.562. The van der Waals surface area contributed by atoms with E-state index in [1.54, 1.807) is 0 Å². The Kier molecular flexibility index (Phi) is 5.93. The summed E-state index contributed by atoms with van der Waals surface area (Å²) in [5, 5.41) is 2.97. The van der Waals surface area contributed by atoms with Crippen molar-refractivity contribution in [1.82, 2.24) is 5.32 Å². The van der Waals surface area contributed by atoms with Crippen molar-refractivity contribution in [3.63, 3.8) is 0 Å². The van der Waals surface area contributed by atoms with Crippen molar-refractivity contribution in [2.24, 2.45) is 17.6 Å². The first kappa shape index (κ1) is 18.8. The van der Waals surface area contributed by atoms with Crippen LogP contribution in [0.5, 0.6) is 0 Å². The molecular weight excluding hydrogens is 310 g/mol. The summed E-state index contributed by atoms with van der Waals surface area (Å²) in [6, 6.07) is 3.51. The molecule has 3 unspecified atom stereocenters. The van der Waals surface area contributed by atoms with E-state index in [0.717, 1.165) is 6.07 Å². The number of hydrogen-bond donors (Lipinski definition) is 2. The lowest BCUT2D eigenvalue weighted by Gasteiger charge is -2.33. The quantitative estimate of drug-likeness (QED) is 0.871. The average molecular weight is 333 g/mol. The van der Waals surface area contributed by atoms with Crippen LogP contribution in [-0.2, 0) is 4.79 Å². The molecule has 6 heteroatoms. The second-order valence-electron chi connectivity index (χ2n) is 6.38. The predicted molar refractivity (Wildman–Crippen MR) is 84.9 cm³/mol. The van der Waals surface area contributed by atoms with Crippen LogP contribution in [0.3, 0.4) is 0 Å². The molecule has 1 aliphatic rings. The highest BCUT2D eigenvalue weighted by atomic mass is 35.5. The van der Waals surface area contributed by atoms with E-state index in [9.17, 15) is 13.6 Å². The first-order chi connectivity index (χ1) is 9.78. The molecule has 0 heterocycles. The van der Waals surface area contributed by atoms with Gasteiger partial charge in [0.1, 0.15) is 11.6 Å². The number of halogens is 3. The fourth-order valence-electron chi connectivity index (χ4n) is 2.44. The maximum Gasteiger partial charge on any atom is 0.224 e. The van der Waals surface area contributed by atoms with Crippen LogP contribution in [0, 0.1) is 23.5 Å². The molecular formula is C16H23ClF2N2O. The van der Waals surface area contributed by atoms with Gasteiger partial charge < -0.3 is 11.1 Å². The van der Waals surface area contributed by atoms with Crippen LogP contribution in [0.4, 0.5) is 8.78 Å². The van der Waals surface area contributed by atoms with Crippen molar-refractivity contribution in [1.29, 1.82) is 0 Å².